The number of methoxy groups -OCH3 is 1. The fourth-order valence-corrected chi connectivity index (χ4v) is 1.95. The molecule has 2 rings (SSSR count). The fourth-order valence-electron chi connectivity index (χ4n) is 1.49. The van der Waals surface area contributed by atoms with Gasteiger partial charge in [0.1, 0.15) is 0 Å². The standard InChI is InChI=1S/C12H11BrN2O/c1-8-5-3-4-6-9(8)11-7-10(13)12(16-2)15-14-11/h3-7H,1-2H3. The number of aromatic nitrogens is 2. The van der Waals surface area contributed by atoms with Crippen LogP contribution in [0.2, 0.25) is 0 Å². The fraction of sp³-hybridized carbons (Fsp3) is 0.167. The molecule has 0 amide bonds. The van der Waals surface area contributed by atoms with Crippen LogP contribution in [-0.2, 0) is 0 Å². The van der Waals surface area contributed by atoms with Crippen molar-refractivity contribution in [3.05, 3.63) is 40.4 Å². The number of hydrogen-bond acceptors (Lipinski definition) is 3. The second-order valence-electron chi connectivity index (χ2n) is 3.40. The zero-order valence-electron chi connectivity index (χ0n) is 9.07. The van der Waals surface area contributed by atoms with Crippen LogP contribution in [0.15, 0.2) is 34.8 Å². The van der Waals surface area contributed by atoms with Crippen molar-refractivity contribution in [3.63, 3.8) is 0 Å². The smallest absolute Gasteiger partial charge is 0.247 e. The van der Waals surface area contributed by atoms with E-state index in [0.29, 0.717) is 5.88 Å². The number of nitrogens with zero attached hydrogens (tertiary/aromatic N) is 2. The highest BCUT2D eigenvalue weighted by molar-refractivity contribution is 9.10. The molecule has 0 fully saturated rings. The topological polar surface area (TPSA) is 35.0 Å². The Labute approximate surface area is 103 Å². The van der Waals surface area contributed by atoms with Crippen molar-refractivity contribution < 1.29 is 4.74 Å². The van der Waals surface area contributed by atoms with Crippen LogP contribution >= 0.6 is 15.9 Å². The molecule has 0 aliphatic rings. The number of halogens is 1. The highest BCUT2D eigenvalue weighted by Gasteiger charge is 2.07. The van der Waals surface area contributed by atoms with E-state index >= 15 is 0 Å². The summed E-state index contributed by atoms with van der Waals surface area (Å²) in [7, 11) is 1.57. The van der Waals surface area contributed by atoms with Crippen LogP contribution in [0, 0.1) is 6.92 Å². The molecule has 0 atom stereocenters. The van der Waals surface area contributed by atoms with E-state index in [1.54, 1.807) is 7.11 Å². The first-order chi connectivity index (χ1) is 7.72. The van der Waals surface area contributed by atoms with Gasteiger partial charge in [0.25, 0.3) is 0 Å². The van der Waals surface area contributed by atoms with Crippen LogP contribution in [0.5, 0.6) is 5.88 Å². The summed E-state index contributed by atoms with van der Waals surface area (Å²) in [4.78, 5) is 0. The summed E-state index contributed by atoms with van der Waals surface area (Å²) in [5.41, 5.74) is 3.10. The zero-order valence-corrected chi connectivity index (χ0v) is 10.7. The van der Waals surface area contributed by atoms with Gasteiger partial charge in [-0.25, -0.2) is 0 Å². The predicted octanol–water partition coefficient (Wildman–Crippen LogP) is 3.22. The lowest BCUT2D eigenvalue weighted by Crippen LogP contribution is -1.95. The van der Waals surface area contributed by atoms with Crippen LogP contribution in [0.25, 0.3) is 11.3 Å². The Kier molecular flexibility index (Phi) is 3.19. The Bertz CT molecular complexity index is 514. The van der Waals surface area contributed by atoms with Gasteiger partial charge in [0, 0.05) is 5.56 Å². The van der Waals surface area contributed by atoms with Gasteiger partial charge in [-0.15, -0.1) is 10.2 Å². The van der Waals surface area contributed by atoms with E-state index in [4.69, 9.17) is 4.74 Å². The van der Waals surface area contributed by atoms with Gasteiger partial charge in [0.2, 0.25) is 5.88 Å². The van der Waals surface area contributed by atoms with Crippen LogP contribution in [-0.4, -0.2) is 17.3 Å². The predicted molar refractivity (Wildman–Crippen MR) is 66.5 cm³/mol. The summed E-state index contributed by atoms with van der Waals surface area (Å²) in [5, 5.41) is 8.13. The summed E-state index contributed by atoms with van der Waals surface area (Å²) in [6.45, 7) is 2.05. The maximum absolute atomic E-state index is 5.05. The Morgan fingerprint density at radius 3 is 2.56 bits per heavy atom. The lowest BCUT2D eigenvalue weighted by atomic mass is 10.1. The normalized spacial score (nSPS) is 10.2. The maximum Gasteiger partial charge on any atom is 0.247 e. The van der Waals surface area contributed by atoms with Crippen molar-refractivity contribution in [2.45, 2.75) is 6.92 Å². The van der Waals surface area contributed by atoms with E-state index in [1.165, 1.54) is 5.56 Å². The maximum atomic E-state index is 5.05. The van der Waals surface area contributed by atoms with E-state index in [9.17, 15) is 0 Å². The largest absolute Gasteiger partial charge is 0.479 e. The van der Waals surface area contributed by atoms with Crippen molar-refractivity contribution in [3.8, 4) is 17.1 Å². The third kappa shape index (κ3) is 2.07. The van der Waals surface area contributed by atoms with E-state index in [-0.39, 0.29) is 0 Å². The first-order valence-corrected chi connectivity index (χ1v) is 5.65. The van der Waals surface area contributed by atoms with Gasteiger partial charge in [0.15, 0.2) is 0 Å². The average Bonchev–Trinajstić information content (AvgIpc) is 2.29. The third-order valence-electron chi connectivity index (χ3n) is 2.33. The van der Waals surface area contributed by atoms with E-state index in [2.05, 4.69) is 39.1 Å². The molecular weight excluding hydrogens is 268 g/mol. The van der Waals surface area contributed by atoms with Gasteiger partial charge in [-0.3, -0.25) is 0 Å². The monoisotopic (exact) mass is 278 g/mol. The molecular formula is C12H11BrN2O. The molecule has 0 bridgehead atoms. The molecule has 0 aliphatic carbocycles. The first kappa shape index (κ1) is 11.1. The minimum Gasteiger partial charge on any atom is -0.479 e. The van der Waals surface area contributed by atoms with E-state index < -0.39 is 0 Å². The second kappa shape index (κ2) is 4.61. The third-order valence-corrected chi connectivity index (χ3v) is 2.90. The Balaban J connectivity index is 2.50. The molecule has 0 spiro atoms. The highest BCUT2D eigenvalue weighted by Crippen LogP contribution is 2.27. The number of benzene rings is 1. The summed E-state index contributed by atoms with van der Waals surface area (Å²) < 4.78 is 5.85. The van der Waals surface area contributed by atoms with Crippen LogP contribution in [0.3, 0.4) is 0 Å². The van der Waals surface area contributed by atoms with Gasteiger partial charge >= 0.3 is 0 Å². The molecule has 1 aromatic carbocycles. The van der Waals surface area contributed by atoms with Crippen LogP contribution < -0.4 is 4.74 Å². The molecule has 16 heavy (non-hydrogen) atoms. The molecule has 0 unspecified atom stereocenters. The highest BCUT2D eigenvalue weighted by atomic mass is 79.9. The molecule has 2 aromatic rings. The molecule has 1 aromatic heterocycles. The number of rotatable bonds is 2. The molecule has 0 aliphatic heterocycles. The minimum absolute atomic E-state index is 0.498. The Morgan fingerprint density at radius 2 is 1.94 bits per heavy atom. The molecule has 0 saturated heterocycles. The second-order valence-corrected chi connectivity index (χ2v) is 4.26. The van der Waals surface area contributed by atoms with Crippen molar-refractivity contribution >= 4 is 15.9 Å². The zero-order chi connectivity index (χ0) is 11.5. The van der Waals surface area contributed by atoms with E-state index in [1.807, 2.05) is 24.3 Å². The molecule has 4 heteroatoms. The number of hydrogen-bond donors (Lipinski definition) is 0. The minimum atomic E-state index is 0.498. The van der Waals surface area contributed by atoms with Gasteiger partial charge in [-0.1, -0.05) is 24.3 Å². The summed E-state index contributed by atoms with van der Waals surface area (Å²) in [6.07, 6.45) is 0. The molecule has 3 nitrogen and oxygen atoms in total. The number of aryl methyl sites for hydroxylation is 1. The SMILES string of the molecule is COc1nnc(-c2ccccc2C)cc1Br. The average molecular weight is 279 g/mol. The lowest BCUT2D eigenvalue weighted by molar-refractivity contribution is 0.389. The first-order valence-electron chi connectivity index (χ1n) is 4.85. The summed E-state index contributed by atoms with van der Waals surface area (Å²) in [5.74, 6) is 0.498. The van der Waals surface area contributed by atoms with E-state index in [0.717, 1.165) is 15.7 Å². The van der Waals surface area contributed by atoms with Crippen molar-refractivity contribution in [2.24, 2.45) is 0 Å². The van der Waals surface area contributed by atoms with Crippen molar-refractivity contribution in [2.75, 3.05) is 7.11 Å². The van der Waals surface area contributed by atoms with Crippen molar-refractivity contribution in [1.29, 1.82) is 0 Å². The molecule has 0 radical (unpaired) electrons. The number of ether oxygens (including phenoxy) is 1. The van der Waals surface area contributed by atoms with Gasteiger partial charge < -0.3 is 4.74 Å². The summed E-state index contributed by atoms with van der Waals surface area (Å²) >= 11 is 3.40. The van der Waals surface area contributed by atoms with Crippen molar-refractivity contribution in [1.82, 2.24) is 10.2 Å². The Morgan fingerprint density at radius 1 is 1.19 bits per heavy atom. The quantitative estimate of drug-likeness (QED) is 0.846. The van der Waals surface area contributed by atoms with Gasteiger partial charge in [-0.05, 0) is 34.5 Å². The molecule has 82 valence electrons. The molecule has 0 saturated carbocycles. The van der Waals surface area contributed by atoms with Crippen LogP contribution in [0.1, 0.15) is 5.56 Å². The Hall–Kier alpha value is -1.42. The van der Waals surface area contributed by atoms with Gasteiger partial charge in [-0.2, -0.15) is 0 Å². The van der Waals surface area contributed by atoms with Gasteiger partial charge in [0.05, 0.1) is 17.3 Å². The molecule has 1 heterocycles. The van der Waals surface area contributed by atoms with Crippen LogP contribution in [0.4, 0.5) is 0 Å². The lowest BCUT2D eigenvalue weighted by Gasteiger charge is -2.06. The summed E-state index contributed by atoms with van der Waals surface area (Å²) in [6, 6.07) is 9.98. The molecule has 0 N–H and O–H groups in total.